The van der Waals surface area contributed by atoms with Gasteiger partial charge in [0.1, 0.15) is 5.75 Å². The summed E-state index contributed by atoms with van der Waals surface area (Å²) >= 11 is 0. The number of hydrogen-bond acceptors (Lipinski definition) is 3. The molecule has 0 aromatic heterocycles. The molecule has 0 aliphatic heterocycles. The molecule has 0 aliphatic rings. The Kier molecular flexibility index (Phi) is 5.55. The van der Waals surface area contributed by atoms with Crippen LogP contribution in [0.4, 0.5) is 0 Å². The van der Waals surface area contributed by atoms with E-state index in [2.05, 4.69) is 11.2 Å². The van der Waals surface area contributed by atoms with Crippen LogP contribution in [0, 0.1) is 12.3 Å². The topological polar surface area (TPSA) is 47.3 Å². The fraction of sp³-hybridized carbons (Fsp3) is 0.429. The van der Waals surface area contributed by atoms with Gasteiger partial charge in [0.05, 0.1) is 12.6 Å². The number of terminal acetylenes is 1. The van der Waals surface area contributed by atoms with Crippen molar-refractivity contribution in [2.45, 2.75) is 25.9 Å². The van der Waals surface area contributed by atoms with E-state index in [9.17, 15) is 0 Å². The van der Waals surface area contributed by atoms with E-state index < -0.39 is 0 Å². The number of hydrogen-bond donors (Lipinski definition) is 2. The molecule has 3 N–H and O–H groups in total. The smallest absolute Gasteiger partial charge is 0.119 e. The van der Waals surface area contributed by atoms with Crippen LogP contribution in [0.5, 0.6) is 5.75 Å². The maximum Gasteiger partial charge on any atom is 0.119 e. The number of nitrogens with one attached hydrogen (secondary N) is 1. The number of rotatable bonds is 6. The second-order valence-corrected chi connectivity index (χ2v) is 3.85. The van der Waals surface area contributed by atoms with Crippen molar-refractivity contribution in [3.8, 4) is 18.1 Å². The largest absolute Gasteiger partial charge is 0.494 e. The van der Waals surface area contributed by atoms with Gasteiger partial charge >= 0.3 is 0 Å². The number of nitrogens with two attached hydrogens (primary N) is 1. The minimum atomic E-state index is 0.00937. The Morgan fingerprint density at radius 1 is 1.41 bits per heavy atom. The third-order valence-electron chi connectivity index (χ3n) is 2.53. The summed E-state index contributed by atoms with van der Waals surface area (Å²) in [5.41, 5.74) is 6.87. The van der Waals surface area contributed by atoms with Crippen molar-refractivity contribution in [3.63, 3.8) is 0 Å². The van der Waals surface area contributed by atoms with Gasteiger partial charge in [0, 0.05) is 12.6 Å². The maximum absolute atomic E-state index is 5.74. The first-order chi connectivity index (χ1) is 8.21. The van der Waals surface area contributed by atoms with Crippen LogP contribution in [-0.2, 0) is 0 Å². The lowest BCUT2D eigenvalue weighted by molar-refractivity contribution is 0.340. The van der Waals surface area contributed by atoms with Crippen molar-refractivity contribution >= 4 is 0 Å². The standard InChI is InChI=1S/C14H20N2O/c1-4-11(3)16-14(10-15)12-6-8-13(9-7-12)17-5-2/h1,6-9,11,14,16H,5,10,15H2,2-3H3. The molecule has 0 saturated heterocycles. The Labute approximate surface area is 103 Å². The minimum Gasteiger partial charge on any atom is -0.494 e. The predicted molar refractivity (Wildman–Crippen MR) is 70.8 cm³/mol. The van der Waals surface area contributed by atoms with Crippen LogP contribution in [0.3, 0.4) is 0 Å². The van der Waals surface area contributed by atoms with Crippen LogP contribution >= 0.6 is 0 Å². The molecule has 1 aromatic carbocycles. The highest BCUT2D eigenvalue weighted by Gasteiger charge is 2.11. The number of ether oxygens (including phenoxy) is 1. The molecule has 0 radical (unpaired) electrons. The zero-order valence-corrected chi connectivity index (χ0v) is 10.4. The van der Waals surface area contributed by atoms with Crippen LogP contribution in [-0.4, -0.2) is 19.2 Å². The van der Waals surface area contributed by atoms with Gasteiger partial charge in [0.25, 0.3) is 0 Å². The first-order valence-electron chi connectivity index (χ1n) is 5.86. The zero-order valence-electron chi connectivity index (χ0n) is 10.4. The molecular formula is C14H20N2O. The van der Waals surface area contributed by atoms with Crippen molar-refractivity contribution in [1.29, 1.82) is 0 Å². The summed E-state index contributed by atoms with van der Waals surface area (Å²) in [5.74, 6) is 3.51. The van der Waals surface area contributed by atoms with E-state index in [4.69, 9.17) is 16.9 Å². The highest BCUT2D eigenvalue weighted by atomic mass is 16.5. The second kappa shape index (κ2) is 6.95. The van der Waals surface area contributed by atoms with E-state index in [0.717, 1.165) is 11.3 Å². The lowest BCUT2D eigenvalue weighted by Gasteiger charge is -2.19. The summed E-state index contributed by atoms with van der Waals surface area (Å²) in [4.78, 5) is 0. The van der Waals surface area contributed by atoms with E-state index >= 15 is 0 Å². The first-order valence-corrected chi connectivity index (χ1v) is 5.86. The van der Waals surface area contributed by atoms with Gasteiger partial charge in [-0.2, -0.15) is 0 Å². The van der Waals surface area contributed by atoms with E-state index in [-0.39, 0.29) is 12.1 Å². The van der Waals surface area contributed by atoms with Gasteiger partial charge in [-0.3, -0.25) is 5.32 Å². The van der Waals surface area contributed by atoms with E-state index in [1.54, 1.807) is 0 Å². The highest BCUT2D eigenvalue weighted by molar-refractivity contribution is 5.29. The second-order valence-electron chi connectivity index (χ2n) is 3.85. The predicted octanol–water partition coefficient (Wildman–Crippen LogP) is 1.70. The Morgan fingerprint density at radius 3 is 2.53 bits per heavy atom. The molecule has 1 aromatic rings. The molecule has 0 aliphatic carbocycles. The van der Waals surface area contributed by atoms with E-state index in [1.807, 2.05) is 38.1 Å². The molecule has 3 heteroatoms. The van der Waals surface area contributed by atoms with Gasteiger partial charge in [-0.15, -0.1) is 6.42 Å². The lowest BCUT2D eigenvalue weighted by atomic mass is 10.1. The molecule has 0 spiro atoms. The normalized spacial score (nSPS) is 13.8. The summed E-state index contributed by atoms with van der Waals surface area (Å²) in [5, 5.41) is 3.28. The fourth-order valence-corrected chi connectivity index (χ4v) is 1.61. The molecule has 92 valence electrons. The maximum atomic E-state index is 5.74. The summed E-state index contributed by atoms with van der Waals surface area (Å²) in [6, 6.07) is 8.01. The monoisotopic (exact) mass is 232 g/mol. The van der Waals surface area contributed by atoms with Crippen LogP contribution < -0.4 is 15.8 Å². The summed E-state index contributed by atoms with van der Waals surface area (Å²) in [6.45, 7) is 5.09. The first kappa shape index (κ1) is 13.6. The van der Waals surface area contributed by atoms with Crippen LogP contribution in [0.25, 0.3) is 0 Å². The van der Waals surface area contributed by atoms with E-state index in [1.165, 1.54) is 0 Å². The van der Waals surface area contributed by atoms with Crippen molar-refractivity contribution in [2.24, 2.45) is 5.73 Å². The van der Waals surface area contributed by atoms with Crippen molar-refractivity contribution in [3.05, 3.63) is 29.8 Å². The SMILES string of the molecule is C#CC(C)NC(CN)c1ccc(OCC)cc1. The Balaban J connectivity index is 2.72. The van der Waals surface area contributed by atoms with Crippen molar-refractivity contribution in [2.75, 3.05) is 13.2 Å². The number of benzene rings is 1. The quantitative estimate of drug-likeness (QED) is 0.734. The van der Waals surface area contributed by atoms with Gasteiger partial charge < -0.3 is 10.5 Å². The Hall–Kier alpha value is -1.50. The van der Waals surface area contributed by atoms with Crippen LogP contribution in [0.2, 0.25) is 0 Å². The van der Waals surface area contributed by atoms with Gasteiger partial charge in [-0.25, -0.2) is 0 Å². The molecule has 2 atom stereocenters. The summed E-state index contributed by atoms with van der Waals surface area (Å²) in [7, 11) is 0. The molecule has 1 rings (SSSR count). The van der Waals surface area contributed by atoms with Crippen LogP contribution in [0.1, 0.15) is 25.5 Å². The van der Waals surface area contributed by atoms with Crippen LogP contribution in [0.15, 0.2) is 24.3 Å². The molecule has 0 bridgehead atoms. The Bertz CT molecular complexity index is 367. The molecule has 17 heavy (non-hydrogen) atoms. The Morgan fingerprint density at radius 2 is 2.06 bits per heavy atom. The molecule has 0 heterocycles. The molecule has 0 saturated carbocycles. The van der Waals surface area contributed by atoms with E-state index in [0.29, 0.717) is 13.2 Å². The summed E-state index contributed by atoms with van der Waals surface area (Å²) < 4.78 is 5.39. The minimum absolute atomic E-state index is 0.00937. The summed E-state index contributed by atoms with van der Waals surface area (Å²) in [6.07, 6.45) is 5.34. The zero-order chi connectivity index (χ0) is 12.7. The van der Waals surface area contributed by atoms with Gasteiger partial charge in [0.2, 0.25) is 0 Å². The van der Waals surface area contributed by atoms with Gasteiger partial charge in [-0.05, 0) is 31.5 Å². The molecule has 0 fully saturated rings. The highest BCUT2D eigenvalue weighted by Crippen LogP contribution is 2.17. The van der Waals surface area contributed by atoms with Gasteiger partial charge in [-0.1, -0.05) is 18.1 Å². The molecule has 0 amide bonds. The third-order valence-corrected chi connectivity index (χ3v) is 2.53. The lowest BCUT2D eigenvalue weighted by Crippen LogP contribution is -2.34. The average Bonchev–Trinajstić information content (AvgIpc) is 2.37. The third kappa shape index (κ3) is 4.10. The van der Waals surface area contributed by atoms with Crippen molar-refractivity contribution < 1.29 is 4.74 Å². The average molecular weight is 232 g/mol. The molecule has 3 nitrogen and oxygen atoms in total. The fourth-order valence-electron chi connectivity index (χ4n) is 1.61. The van der Waals surface area contributed by atoms with Gasteiger partial charge in [0.15, 0.2) is 0 Å². The molecular weight excluding hydrogens is 212 g/mol. The van der Waals surface area contributed by atoms with Crippen molar-refractivity contribution in [1.82, 2.24) is 5.32 Å². The molecule has 2 unspecified atom stereocenters.